The van der Waals surface area contributed by atoms with Gasteiger partial charge in [-0.3, -0.25) is 14.9 Å². The number of carbonyl (C=O) groups excluding carboxylic acids is 1. The van der Waals surface area contributed by atoms with E-state index in [-0.39, 0.29) is 5.91 Å². The van der Waals surface area contributed by atoms with E-state index in [1.54, 1.807) is 36.7 Å². The molecule has 0 atom stereocenters. The largest absolute Gasteiger partial charge is 0.320 e. The Morgan fingerprint density at radius 1 is 1.27 bits per heavy atom. The monoisotopic (exact) mass is 312 g/mol. The Morgan fingerprint density at radius 2 is 2.14 bits per heavy atom. The van der Waals surface area contributed by atoms with Crippen LogP contribution in [0.1, 0.15) is 16.1 Å². The molecule has 0 unspecified atom stereocenters. The molecule has 0 radical (unpaired) electrons. The predicted molar refractivity (Wildman–Crippen MR) is 86.0 cm³/mol. The fourth-order valence-electron chi connectivity index (χ4n) is 2.03. The first kappa shape index (κ1) is 14.3. The fraction of sp³-hybridized carbons (Fsp3) is 0.0625. The Labute approximate surface area is 132 Å². The second-order valence-electron chi connectivity index (χ2n) is 4.78. The molecule has 2 heterocycles. The molecule has 0 aliphatic heterocycles. The minimum Gasteiger partial charge on any atom is -0.320 e. The lowest BCUT2D eigenvalue weighted by Crippen LogP contribution is -2.13. The van der Waals surface area contributed by atoms with E-state index in [0.29, 0.717) is 22.1 Å². The highest BCUT2D eigenvalue weighted by Crippen LogP contribution is 2.23. The quantitative estimate of drug-likeness (QED) is 0.775. The number of amides is 1. The number of nitrogens with one attached hydrogen (secondary N) is 2. The van der Waals surface area contributed by atoms with Crippen LogP contribution in [0.25, 0.3) is 11.3 Å². The van der Waals surface area contributed by atoms with Crippen molar-refractivity contribution in [2.75, 3.05) is 5.32 Å². The zero-order chi connectivity index (χ0) is 15.5. The van der Waals surface area contributed by atoms with Crippen LogP contribution in [0.3, 0.4) is 0 Å². The molecule has 3 rings (SSSR count). The van der Waals surface area contributed by atoms with Gasteiger partial charge in [0, 0.05) is 28.7 Å². The highest BCUT2D eigenvalue weighted by Gasteiger charge is 2.13. The molecule has 0 aliphatic rings. The summed E-state index contributed by atoms with van der Waals surface area (Å²) in [7, 11) is 0. The van der Waals surface area contributed by atoms with Crippen molar-refractivity contribution in [3.05, 3.63) is 65.1 Å². The molecule has 2 aromatic heterocycles. The van der Waals surface area contributed by atoms with Crippen LogP contribution in [0, 0.1) is 6.92 Å². The molecule has 2 N–H and O–H groups in total. The van der Waals surface area contributed by atoms with Gasteiger partial charge in [-0.2, -0.15) is 5.10 Å². The summed E-state index contributed by atoms with van der Waals surface area (Å²) in [6.07, 6.45) is 3.38. The first-order chi connectivity index (χ1) is 10.6. The normalized spacial score (nSPS) is 10.5. The fourth-order valence-corrected chi connectivity index (χ4v) is 2.21. The van der Waals surface area contributed by atoms with E-state index in [0.717, 1.165) is 11.1 Å². The molecular formula is C16H13ClN4O. The maximum atomic E-state index is 12.3. The molecule has 5 nitrogen and oxygen atoms in total. The van der Waals surface area contributed by atoms with Crippen molar-refractivity contribution in [1.82, 2.24) is 15.2 Å². The zero-order valence-electron chi connectivity index (χ0n) is 11.8. The van der Waals surface area contributed by atoms with E-state index in [9.17, 15) is 4.79 Å². The number of hydrogen-bond acceptors (Lipinski definition) is 3. The molecule has 0 spiro atoms. The number of anilines is 1. The summed E-state index contributed by atoms with van der Waals surface area (Å²) < 4.78 is 0. The summed E-state index contributed by atoms with van der Waals surface area (Å²) in [4.78, 5) is 16.3. The molecule has 0 saturated carbocycles. The van der Waals surface area contributed by atoms with Gasteiger partial charge in [-0.05, 0) is 42.8 Å². The second-order valence-corrected chi connectivity index (χ2v) is 5.18. The van der Waals surface area contributed by atoms with Crippen molar-refractivity contribution < 1.29 is 4.79 Å². The summed E-state index contributed by atoms with van der Waals surface area (Å²) in [6, 6.07) is 10.8. The van der Waals surface area contributed by atoms with Crippen LogP contribution in [0.2, 0.25) is 5.02 Å². The van der Waals surface area contributed by atoms with Crippen LogP contribution < -0.4 is 5.32 Å². The number of aromatic amines is 1. The Morgan fingerprint density at radius 3 is 2.91 bits per heavy atom. The van der Waals surface area contributed by atoms with Gasteiger partial charge in [-0.1, -0.05) is 17.7 Å². The molecule has 22 heavy (non-hydrogen) atoms. The molecular weight excluding hydrogens is 300 g/mol. The number of pyridine rings is 1. The van der Waals surface area contributed by atoms with Crippen LogP contribution in [-0.2, 0) is 0 Å². The molecule has 6 heteroatoms. The van der Waals surface area contributed by atoms with Gasteiger partial charge in [-0.15, -0.1) is 0 Å². The number of hydrogen-bond donors (Lipinski definition) is 2. The van der Waals surface area contributed by atoms with Crippen molar-refractivity contribution in [3.8, 4) is 11.3 Å². The van der Waals surface area contributed by atoms with Crippen LogP contribution in [0.4, 0.5) is 5.69 Å². The number of H-pyrrole nitrogens is 1. The Kier molecular flexibility index (Phi) is 3.89. The van der Waals surface area contributed by atoms with Crippen molar-refractivity contribution >= 4 is 23.2 Å². The maximum Gasteiger partial charge on any atom is 0.273 e. The minimum absolute atomic E-state index is 0.270. The molecule has 0 fully saturated rings. The van der Waals surface area contributed by atoms with E-state index in [1.807, 2.05) is 19.1 Å². The van der Waals surface area contributed by atoms with Crippen molar-refractivity contribution in [2.45, 2.75) is 6.92 Å². The Hall–Kier alpha value is -2.66. The van der Waals surface area contributed by atoms with Gasteiger partial charge in [0.1, 0.15) is 5.69 Å². The summed E-state index contributed by atoms with van der Waals surface area (Å²) in [5.41, 5.74) is 3.38. The van der Waals surface area contributed by atoms with Gasteiger partial charge in [-0.25, -0.2) is 0 Å². The first-order valence-corrected chi connectivity index (χ1v) is 7.05. The summed E-state index contributed by atoms with van der Waals surface area (Å²) in [6.45, 7) is 1.85. The minimum atomic E-state index is -0.270. The van der Waals surface area contributed by atoms with Crippen molar-refractivity contribution in [1.29, 1.82) is 0 Å². The molecule has 1 aromatic carbocycles. The number of benzene rings is 1. The average molecular weight is 313 g/mol. The van der Waals surface area contributed by atoms with Gasteiger partial charge < -0.3 is 5.32 Å². The number of aromatic nitrogens is 3. The summed E-state index contributed by atoms with van der Waals surface area (Å²) in [5, 5.41) is 10.3. The summed E-state index contributed by atoms with van der Waals surface area (Å²) >= 11 is 6.05. The third-order valence-electron chi connectivity index (χ3n) is 3.30. The number of carbonyl (C=O) groups is 1. The second kappa shape index (κ2) is 5.99. The highest BCUT2D eigenvalue weighted by atomic mass is 35.5. The molecule has 3 aromatic rings. The van der Waals surface area contributed by atoms with Crippen molar-refractivity contribution in [3.63, 3.8) is 0 Å². The Bertz CT molecular complexity index is 814. The third kappa shape index (κ3) is 2.84. The van der Waals surface area contributed by atoms with Gasteiger partial charge in [0.15, 0.2) is 0 Å². The van der Waals surface area contributed by atoms with E-state index >= 15 is 0 Å². The lowest BCUT2D eigenvalue weighted by atomic mass is 10.2. The average Bonchev–Trinajstić information content (AvgIpc) is 3.03. The van der Waals surface area contributed by atoms with Gasteiger partial charge in [0.25, 0.3) is 5.91 Å². The third-order valence-corrected chi connectivity index (χ3v) is 3.71. The van der Waals surface area contributed by atoms with Gasteiger partial charge in [0.2, 0.25) is 0 Å². The molecule has 110 valence electrons. The summed E-state index contributed by atoms with van der Waals surface area (Å²) in [5.74, 6) is -0.270. The van der Waals surface area contributed by atoms with Crippen molar-refractivity contribution in [2.24, 2.45) is 0 Å². The molecule has 1 amide bonds. The van der Waals surface area contributed by atoms with E-state index < -0.39 is 0 Å². The standard InChI is InChI=1S/C16H13ClN4O/c1-10-12(17)5-2-6-13(10)19-16(22)15-8-14(20-21-15)11-4-3-7-18-9-11/h2-9H,1H3,(H,19,22)(H,20,21). The highest BCUT2D eigenvalue weighted by molar-refractivity contribution is 6.31. The lowest BCUT2D eigenvalue weighted by Gasteiger charge is -2.08. The topological polar surface area (TPSA) is 70.7 Å². The SMILES string of the molecule is Cc1c(Cl)cccc1NC(=O)c1cc(-c2cccnc2)n[nH]1. The molecule has 0 aliphatic carbocycles. The molecule has 0 saturated heterocycles. The van der Waals surface area contributed by atoms with Crippen LogP contribution in [0.15, 0.2) is 48.8 Å². The van der Waals surface area contributed by atoms with Gasteiger partial charge in [0.05, 0.1) is 5.69 Å². The Balaban J connectivity index is 1.82. The zero-order valence-corrected chi connectivity index (χ0v) is 12.6. The predicted octanol–water partition coefficient (Wildman–Crippen LogP) is 3.69. The van der Waals surface area contributed by atoms with Crippen LogP contribution >= 0.6 is 11.6 Å². The van der Waals surface area contributed by atoms with E-state index in [2.05, 4.69) is 20.5 Å². The molecule has 0 bridgehead atoms. The van der Waals surface area contributed by atoms with E-state index in [1.165, 1.54) is 0 Å². The van der Waals surface area contributed by atoms with E-state index in [4.69, 9.17) is 11.6 Å². The van der Waals surface area contributed by atoms with Crippen LogP contribution in [-0.4, -0.2) is 21.1 Å². The maximum absolute atomic E-state index is 12.3. The first-order valence-electron chi connectivity index (χ1n) is 6.67. The lowest BCUT2D eigenvalue weighted by molar-refractivity contribution is 0.102. The van der Waals surface area contributed by atoms with Gasteiger partial charge >= 0.3 is 0 Å². The van der Waals surface area contributed by atoms with Crippen LogP contribution in [0.5, 0.6) is 0 Å². The smallest absolute Gasteiger partial charge is 0.273 e. The number of halogens is 1. The number of rotatable bonds is 3. The number of nitrogens with zero attached hydrogens (tertiary/aromatic N) is 2.